The van der Waals surface area contributed by atoms with Crippen LogP contribution in [0.5, 0.6) is 5.75 Å². The molecule has 108 valence electrons. The van der Waals surface area contributed by atoms with Gasteiger partial charge in [0.15, 0.2) is 12.4 Å². The van der Waals surface area contributed by atoms with Crippen LogP contribution in [0.1, 0.15) is 49.0 Å². The highest BCUT2D eigenvalue weighted by Crippen LogP contribution is 2.26. The Hall–Kier alpha value is -1.84. The van der Waals surface area contributed by atoms with Gasteiger partial charge in [0, 0.05) is 18.0 Å². The number of aryl methyl sites for hydroxylation is 1. The third-order valence-electron chi connectivity index (χ3n) is 3.72. The molecule has 0 saturated heterocycles. The van der Waals surface area contributed by atoms with Crippen molar-refractivity contribution < 1.29 is 14.3 Å². The summed E-state index contributed by atoms with van der Waals surface area (Å²) in [6.07, 6.45) is 3.19. The fraction of sp³-hybridized carbons (Fsp3) is 0.500. The molecule has 0 spiro atoms. The molecule has 0 unspecified atom stereocenters. The number of ether oxygens (including phenoxy) is 1. The van der Waals surface area contributed by atoms with Gasteiger partial charge in [-0.05, 0) is 43.0 Å². The van der Waals surface area contributed by atoms with Gasteiger partial charge in [-0.15, -0.1) is 0 Å². The molecule has 0 atom stereocenters. The van der Waals surface area contributed by atoms with Gasteiger partial charge in [-0.3, -0.25) is 9.59 Å². The Balaban J connectivity index is 1.88. The van der Waals surface area contributed by atoms with E-state index in [0.29, 0.717) is 12.2 Å². The van der Waals surface area contributed by atoms with Crippen molar-refractivity contribution in [3.8, 4) is 5.75 Å². The quantitative estimate of drug-likeness (QED) is 0.868. The predicted octanol–water partition coefficient (Wildman–Crippen LogP) is 2.50. The molecule has 4 heteroatoms. The highest BCUT2D eigenvalue weighted by atomic mass is 16.5. The van der Waals surface area contributed by atoms with E-state index in [1.54, 1.807) is 12.1 Å². The van der Waals surface area contributed by atoms with Crippen LogP contribution in [0, 0.1) is 0 Å². The fourth-order valence-electron chi connectivity index (χ4n) is 2.43. The summed E-state index contributed by atoms with van der Waals surface area (Å²) in [4.78, 5) is 23.3. The van der Waals surface area contributed by atoms with Gasteiger partial charge in [-0.25, -0.2) is 0 Å². The molecule has 1 aromatic rings. The summed E-state index contributed by atoms with van der Waals surface area (Å²) in [6.45, 7) is 4.11. The average molecular weight is 275 g/mol. The van der Waals surface area contributed by atoms with Gasteiger partial charge in [0.05, 0.1) is 0 Å². The minimum absolute atomic E-state index is 0.0171. The first kappa shape index (κ1) is 14.6. The Bertz CT molecular complexity index is 506. The Kier molecular flexibility index (Phi) is 4.77. The number of benzene rings is 1. The predicted molar refractivity (Wildman–Crippen MR) is 77.1 cm³/mol. The van der Waals surface area contributed by atoms with E-state index in [1.807, 2.05) is 19.9 Å². The molecular formula is C16H21NO3. The van der Waals surface area contributed by atoms with Crippen molar-refractivity contribution in [2.75, 3.05) is 6.61 Å². The Labute approximate surface area is 119 Å². The smallest absolute Gasteiger partial charge is 0.258 e. The molecule has 20 heavy (non-hydrogen) atoms. The van der Waals surface area contributed by atoms with Crippen LogP contribution in [0.4, 0.5) is 0 Å². The number of ketones is 1. The van der Waals surface area contributed by atoms with E-state index in [2.05, 4.69) is 5.32 Å². The first-order valence-electron chi connectivity index (χ1n) is 7.22. The van der Waals surface area contributed by atoms with Crippen LogP contribution in [-0.4, -0.2) is 24.3 Å². The monoisotopic (exact) mass is 275 g/mol. The molecule has 1 aliphatic carbocycles. The van der Waals surface area contributed by atoms with Crippen LogP contribution >= 0.6 is 0 Å². The first-order valence-corrected chi connectivity index (χ1v) is 7.22. The van der Waals surface area contributed by atoms with Crippen molar-refractivity contribution in [1.82, 2.24) is 5.32 Å². The van der Waals surface area contributed by atoms with Crippen LogP contribution in [0.25, 0.3) is 0 Å². The Morgan fingerprint density at radius 1 is 1.30 bits per heavy atom. The largest absolute Gasteiger partial charge is 0.484 e. The van der Waals surface area contributed by atoms with Crippen molar-refractivity contribution in [2.45, 2.75) is 45.6 Å². The van der Waals surface area contributed by atoms with Crippen LogP contribution in [0.3, 0.4) is 0 Å². The highest BCUT2D eigenvalue weighted by Gasteiger charge is 2.19. The van der Waals surface area contributed by atoms with Crippen molar-refractivity contribution in [2.24, 2.45) is 0 Å². The topological polar surface area (TPSA) is 55.4 Å². The second-order valence-electron chi connectivity index (χ2n) is 5.11. The maximum Gasteiger partial charge on any atom is 0.258 e. The summed E-state index contributed by atoms with van der Waals surface area (Å²) < 4.78 is 5.49. The third-order valence-corrected chi connectivity index (χ3v) is 3.72. The summed E-state index contributed by atoms with van der Waals surface area (Å²) >= 11 is 0. The molecule has 4 nitrogen and oxygen atoms in total. The van der Waals surface area contributed by atoms with Crippen LogP contribution in [0.15, 0.2) is 18.2 Å². The second kappa shape index (κ2) is 6.55. The molecule has 0 aliphatic heterocycles. The van der Waals surface area contributed by atoms with Crippen molar-refractivity contribution in [1.29, 1.82) is 0 Å². The van der Waals surface area contributed by atoms with Gasteiger partial charge in [0.1, 0.15) is 5.75 Å². The zero-order valence-corrected chi connectivity index (χ0v) is 12.1. The van der Waals surface area contributed by atoms with E-state index in [9.17, 15) is 9.59 Å². The number of amides is 1. The third kappa shape index (κ3) is 3.38. The summed E-state index contributed by atoms with van der Waals surface area (Å²) in [7, 11) is 0. The Morgan fingerprint density at radius 3 is 2.75 bits per heavy atom. The lowest BCUT2D eigenvalue weighted by atomic mass is 10.1. The number of carbonyl (C=O) groups is 2. The zero-order chi connectivity index (χ0) is 14.5. The first-order chi connectivity index (χ1) is 9.63. The molecule has 0 bridgehead atoms. The molecule has 2 rings (SSSR count). The van der Waals surface area contributed by atoms with Crippen molar-refractivity contribution in [3.63, 3.8) is 0 Å². The van der Waals surface area contributed by atoms with Gasteiger partial charge >= 0.3 is 0 Å². The van der Waals surface area contributed by atoms with E-state index in [0.717, 1.165) is 30.4 Å². The van der Waals surface area contributed by atoms with Gasteiger partial charge in [-0.1, -0.05) is 13.8 Å². The maximum absolute atomic E-state index is 11.7. The van der Waals surface area contributed by atoms with Gasteiger partial charge in [-0.2, -0.15) is 0 Å². The number of nitrogens with one attached hydrogen (secondary N) is 1. The fourth-order valence-corrected chi connectivity index (χ4v) is 2.43. The van der Waals surface area contributed by atoms with Gasteiger partial charge < -0.3 is 10.1 Å². The van der Waals surface area contributed by atoms with Crippen molar-refractivity contribution >= 4 is 11.7 Å². The summed E-state index contributed by atoms with van der Waals surface area (Å²) in [6, 6.07) is 5.62. The summed E-state index contributed by atoms with van der Waals surface area (Å²) in [5, 5.41) is 2.93. The molecule has 1 amide bonds. The van der Waals surface area contributed by atoms with Crippen LogP contribution in [0.2, 0.25) is 0 Å². The summed E-state index contributed by atoms with van der Waals surface area (Å²) in [5.41, 5.74) is 1.81. The zero-order valence-electron chi connectivity index (χ0n) is 12.1. The molecule has 0 aromatic heterocycles. The minimum atomic E-state index is -0.102. The Morgan fingerprint density at radius 2 is 2.05 bits per heavy atom. The SMILES string of the molecule is CCC(CC)NC(=O)COc1ccc2c(c1)CCC2=O. The number of Topliss-reactive ketones (excluding diaryl/α,β-unsaturated/α-hetero) is 1. The van der Waals surface area contributed by atoms with E-state index in [-0.39, 0.29) is 24.3 Å². The molecule has 1 aromatic carbocycles. The molecular weight excluding hydrogens is 254 g/mol. The number of carbonyl (C=O) groups excluding carboxylic acids is 2. The minimum Gasteiger partial charge on any atom is -0.484 e. The van der Waals surface area contributed by atoms with Gasteiger partial charge in [0.2, 0.25) is 0 Å². The van der Waals surface area contributed by atoms with Crippen molar-refractivity contribution in [3.05, 3.63) is 29.3 Å². The maximum atomic E-state index is 11.7. The molecule has 0 saturated carbocycles. The standard InChI is InChI=1S/C16H21NO3/c1-3-12(4-2)17-16(19)10-20-13-6-7-14-11(9-13)5-8-15(14)18/h6-7,9,12H,3-5,8,10H2,1-2H3,(H,17,19). The molecule has 1 aliphatic rings. The molecule has 0 fully saturated rings. The molecule has 1 N–H and O–H groups in total. The number of rotatable bonds is 6. The molecule has 0 radical (unpaired) electrons. The second-order valence-corrected chi connectivity index (χ2v) is 5.11. The van der Waals surface area contributed by atoms with E-state index >= 15 is 0 Å². The van der Waals surface area contributed by atoms with E-state index < -0.39 is 0 Å². The van der Waals surface area contributed by atoms with E-state index in [4.69, 9.17) is 4.74 Å². The van der Waals surface area contributed by atoms with E-state index in [1.165, 1.54) is 0 Å². The van der Waals surface area contributed by atoms with Crippen LogP contribution in [-0.2, 0) is 11.2 Å². The summed E-state index contributed by atoms with van der Waals surface area (Å²) in [5.74, 6) is 0.742. The number of hydrogen-bond acceptors (Lipinski definition) is 3. The number of hydrogen-bond donors (Lipinski definition) is 1. The lowest BCUT2D eigenvalue weighted by molar-refractivity contribution is -0.123. The van der Waals surface area contributed by atoms with Gasteiger partial charge in [0.25, 0.3) is 5.91 Å². The average Bonchev–Trinajstić information content (AvgIpc) is 2.83. The highest BCUT2D eigenvalue weighted by molar-refractivity contribution is 6.00. The lowest BCUT2D eigenvalue weighted by Gasteiger charge is -2.15. The lowest BCUT2D eigenvalue weighted by Crippen LogP contribution is -2.37. The normalized spacial score (nSPS) is 13.4. The molecule has 0 heterocycles. The number of fused-ring (bicyclic) bond motifs is 1. The van der Waals surface area contributed by atoms with Crippen LogP contribution < -0.4 is 10.1 Å².